The first-order valence-electron chi connectivity index (χ1n) is 10.7. The Morgan fingerprint density at radius 1 is 0.909 bits per heavy atom. The molecular weight excluding hydrogens is 414 g/mol. The third-order valence-electron chi connectivity index (χ3n) is 5.30. The molecule has 3 aromatic carbocycles. The second-order valence-corrected chi connectivity index (χ2v) is 8.99. The molecule has 0 radical (unpaired) electrons. The molecule has 0 aromatic heterocycles. The molecule has 4 rings (SSSR count). The van der Waals surface area contributed by atoms with E-state index in [9.17, 15) is 9.59 Å². The molecule has 5 heteroatoms. The topological polar surface area (TPSA) is 65.0 Å². The fourth-order valence-electron chi connectivity index (χ4n) is 3.29. The molecule has 0 bridgehead atoms. The monoisotopic (exact) mass is 439 g/mol. The van der Waals surface area contributed by atoms with Gasteiger partial charge in [-0.1, -0.05) is 62.7 Å². The van der Waals surface area contributed by atoms with E-state index in [-0.39, 0.29) is 17.0 Å². The SMILES string of the molecule is Cc1ccc(C(=O)Oc2ccc(C=C3N=C(c4ccc(C(C)(C)C)cc4)OC3=O)cc2)cc1. The zero-order valence-electron chi connectivity index (χ0n) is 19.1. The van der Waals surface area contributed by atoms with Crippen molar-refractivity contribution in [3.05, 3.63) is 106 Å². The van der Waals surface area contributed by atoms with E-state index in [2.05, 4.69) is 25.8 Å². The minimum atomic E-state index is -0.500. The second-order valence-electron chi connectivity index (χ2n) is 8.99. The summed E-state index contributed by atoms with van der Waals surface area (Å²) in [5.74, 6) is -0.220. The smallest absolute Gasteiger partial charge is 0.363 e. The van der Waals surface area contributed by atoms with E-state index >= 15 is 0 Å². The number of aliphatic imine (C=N–C) groups is 1. The number of benzene rings is 3. The molecule has 1 aliphatic rings. The van der Waals surface area contributed by atoms with Crippen molar-refractivity contribution in [1.29, 1.82) is 0 Å². The average molecular weight is 440 g/mol. The summed E-state index contributed by atoms with van der Waals surface area (Å²) in [5.41, 5.74) is 4.49. The molecule has 0 saturated carbocycles. The third kappa shape index (κ3) is 5.26. The van der Waals surface area contributed by atoms with Gasteiger partial charge < -0.3 is 9.47 Å². The summed E-state index contributed by atoms with van der Waals surface area (Å²) in [6.07, 6.45) is 1.64. The molecule has 3 aromatic rings. The minimum absolute atomic E-state index is 0.0401. The number of aryl methyl sites for hydroxylation is 1. The van der Waals surface area contributed by atoms with E-state index in [1.807, 2.05) is 43.3 Å². The lowest BCUT2D eigenvalue weighted by atomic mass is 9.87. The first kappa shape index (κ1) is 22.2. The lowest BCUT2D eigenvalue weighted by molar-refractivity contribution is -0.129. The standard InChI is InChI=1S/C28H25NO4/c1-18-5-9-21(10-6-18)26(30)32-23-15-7-19(8-16-23)17-24-27(31)33-25(29-24)20-11-13-22(14-12-20)28(2,3)4/h5-17H,1-4H3. The van der Waals surface area contributed by atoms with Crippen molar-refractivity contribution in [3.63, 3.8) is 0 Å². The van der Waals surface area contributed by atoms with Gasteiger partial charge in [-0.15, -0.1) is 0 Å². The summed E-state index contributed by atoms with van der Waals surface area (Å²) in [7, 11) is 0. The molecule has 0 N–H and O–H groups in total. The number of rotatable bonds is 4. The van der Waals surface area contributed by atoms with Crippen molar-refractivity contribution in [1.82, 2.24) is 0 Å². The zero-order valence-corrected chi connectivity index (χ0v) is 19.1. The molecule has 0 atom stereocenters. The maximum absolute atomic E-state index is 12.3. The average Bonchev–Trinajstić information content (AvgIpc) is 3.15. The largest absolute Gasteiger partial charge is 0.423 e. The van der Waals surface area contributed by atoms with Gasteiger partial charge in [0, 0.05) is 5.56 Å². The summed E-state index contributed by atoms with van der Waals surface area (Å²) in [6, 6.07) is 21.9. The molecule has 0 fully saturated rings. The van der Waals surface area contributed by atoms with Crippen molar-refractivity contribution in [2.24, 2.45) is 4.99 Å². The van der Waals surface area contributed by atoms with Gasteiger partial charge in [-0.05, 0) is 65.9 Å². The molecule has 5 nitrogen and oxygen atoms in total. The lowest BCUT2D eigenvalue weighted by Crippen LogP contribution is -2.11. The second kappa shape index (κ2) is 8.87. The van der Waals surface area contributed by atoms with Crippen LogP contribution in [-0.4, -0.2) is 17.8 Å². The van der Waals surface area contributed by atoms with Crippen LogP contribution in [0.15, 0.2) is 83.5 Å². The molecule has 1 aliphatic heterocycles. The van der Waals surface area contributed by atoms with Gasteiger partial charge in [0.05, 0.1) is 5.56 Å². The van der Waals surface area contributed by atoms with E-state index in [1.165, 1.54) is 5.56 Å². The highest BCUT2D eigenvalue weighted by Gasteiger charge is 2.24. The number of ether oxygens (including phenoxy) is 2. The van der Waals surface area contributed by atoms with Gasteiger partial charge in [0.1, 0.15) is 5.75 Å². The highest BCUT2D eigenvalue weighted by molar-refractivity contribution is 6.12. The first-order chi connectivity index (χ1) is 15.7. The number of carbonyl (C=O) groups is 2. The number of hydrogen-bond acceptors (Lipinski definition) is 5. The molecule has 1 heterocycles. The van der Waals surface area contributed by atoms with Gasteiger partial charge >= 0.3 is 11.9 Å². The fourth-order valence-corrected chi connectivity index (χ4v) is 3.29. The fraction of sp³-hybridized carbons (Fsp3) is 0.179. The Morgan fingerprint density at radius 2 is 1.55 bits per heavy atom. The van der Waals surface area contributed by atoms with E-state index in [1.54, 1.807) is 42.5 Å². The Morgan fingerprint density at radius 3 is 2.15 bits per heavy atom. The zero-order chi connectivity index (χ0) is 23.6. The minimum Gasteiger partial charge on any atom is -0.423 e. The molecule has 0 spiro atoms. The summed E-state index contributed by atoms with van der Waals surface area (Å²) >= 11 is 0. The molecule has 33 heavy (non-hydrogen) atoms. The van der Waals surface area contributed by atoms with Gasteiger partial charge in [0.15, 0.2) is 5.70 Å². The van der Waals surface area contributed by atoms with Crippen molar-refractivity contribution in [2.75, 3.05) is 0 Å². The van der Waals surface area contributed by atoms with Crippen LogP contribution in [-0.2, 0) is 14.9 Å². The molecule has 166 valence electrons. The quantitative estimate of drug-likeness (QED) is 0.290. The van der Waals surface area contributed by atoms with Gasteiger partial charge in [0.2, 0.25) is 5.90 Å². The predicted molar refractivity (Wildman–Crippen MR) is 128 cm³/mol. The summed E-state index contributed by atoms with van der Waals surface area (Å²) in [4.78, 5) is 28.9. The van der Waals surface area contributed by atoms with Crippen LogP contribution in [0.4, 0.5) is 0 Å². The first-order valence-corrected chi connectivity index (χ1v) is 10.7. The highest BCUT2D eigenvalue weighted by atomic mass is 16.6. The van der Waals surface area contributed by atoms with Crippen LogP contribution in [0.1, 0.15) is 53.4 Å². The maximum Gasteiger partial charge on any atom is 0.363 e. The number of nitrogens with zero attached hydrogens (tertiary/aromatic N) is 1. The van der Waals surface area contributed by atoms with E-state index in [0.29, 0.717) is 11.3 Å². The highest BCUT2D eigenvalue weighted by Crippen LogP contribution is 2.25. The van der Waals surface area contributed by atoms with Gasteiger partial charge in [-0.25, -0.2) is 14.6 Å². The number of hydrogen-bond donors (Lipinski definition) is 0. The van der Waals surface area contributed by atoms with Crippen LogP contribution in [0, 0.1) is 6.92 Å². The van der Waals surface area contributed by atoms with Gasteiger partial charge in [0.25, 0.3) is 0 Å². The number of esters is 2. The van der Waals surface area contributed by atoms with Crippen molar-refractivity contribution < 1.29 is 19.1 Å². The summed E-state index contributed by atoms with van der Waals surface area (Å²) in [6.45, 7) is 8.39. The maximum atomic E-state index is 12.3. The Labute approximate surface area is 193 Å². The van der Waals surface area contributed by atoms with Crippen LogP contribution in [0.5, 0.6) is 5.75 Å². The van der Waals surface area contributed by atoms with Crippen molar-refractivity contribution in [3.8, 4) is 5.75 Å². The molecule has 0 amide bonds. The van der Waals surface area contributed by atoms with E-state index in [4.69, 9.17) is 9.47 Å². The Balaban J connectivity index is 1.47. The Kier molecular flexibility index (Phi) is 5.97. The Bertz CT molecular complexity index is 1240. The van der Waals surface area contributed by atoms with Crippen LogP contribution in [0.25, 0.3) is 6.08 Å². The van der Waals surface area contributed by atoms with E-state index < -0.39 is 11.9 Å². The van der Waals surface area contributed by atoms with Crippen LogP contribution < -0.4 is 4.74 Å². The normalized spacial score (nSPS) is 14.7. The number of cyclic esters (lactones) is 1. The molecule has 0 aliphatic carbocycles. The molecular formula is C28H25NO4. The van der Waals surface area contributed by atoms with Crippen molar-refractivity contribution >= 4 is 23.9 Å². The van der Waals surface area contributed by atoms with Gasteiger partial charge in [-0.3, -0.25) is 0 Å². The number of carbonyl (C=O) groups excluding carboxylic acids is 2. The van der Waals surface area contributed by atoms with Crippen LogP contribution in [0.2, 0.25) is 0 Å². The summed E-state index contributed by atoms with van der Waals surface area (Å²) in [5, 5.41) is 0. The van der Waals surface area contributed by atoms with Gasteiger partial charge in [-0.2, -0.15) is 0 Å². The Hall–Kier alpha value is -3.99. The van der Waals surface area contributed by atoms with Crippen LogP contribution >= 0.6 is 0 Å². The van der Waals surface area contributed by atoms with Crippen molar-refractivity contribution in [2.45, 2.75) is 33.1 Å². The molecule has 0 saturated heterocycles. The van der Waals surface area contributed by atoms with E-state index in [0.717, 1.165) is 16.7 Å². The molecule has 0 unspecified atom stereocenters. The van der Waals surface area contributed by atoms with Crippen LogP contribution in [0.3, 0.4) is 0 Å². The third-order valence-corrected chi connectivity index (χ3v) is 5.30. The lowest BCUT2D eigenvalue weighted by Gasteiger charge is -2.18. The summed E-state index contributed by atoms with van der Waals surface area (Å²) < 4.78 is 10.8. The predicted octanol–water partition coefficient (Wildman–Crippen LogP) is 5.86.